The van der Waals surface area contributed by atoms with Gasteiger partial charge in [0.05, 0.1) is 15.9 Å². The van der Waals surface area contributed by atoms with Crippen LogP contribution >= 0.6 is 22.7 Å². The van der Waals surface area contributed by atoms with Crippen molar-refractivity contribution in [3.05, 3.63) is 215 Å². The fourth-order valence-electron chi connectivity index (χ4n) is 8.68. The highest BCUT2D eigenvalue weighted by molar-refractivity contribution is 7.14. The van der Waals surface area contributed by atoms with E-state index in [1.807, 2.05) is 35.7 Å². The normalized spacial score (nSPS) is 11.4. The van der Waals surface area contributed by atoms with Crippen LogP contribution in [-0.2, 0) is 11.3 Å². The molecular weight excluding hydrogens is 875 g/mol. The molecule has 3 heterocycles. The zero-order valence-corrected chi connectivity index (χ0v) is 38.9. The van der Waals surface area contributed by atoms with Gasteiger partial charge in [-0.25, -0.2) is 9.78 Å². The zero-order valence-electron chi connectivity index (χ0n) is 37.2. The Morgan fingerprint density at radius 2 is 1.06 bits per heavy atom. The van der Waals surface area contributed by atoms with Gasteiger partial charge in [-0.1, -0.05) is 123 Å². The van der Waals surface area contributed by atoms with Crippen LogP contribution in [0.1, 0.15) is 24.6 Å². The van der Waals surface area contributed by atoms with Crippen molar-refractivity contribution in [3.8, 4) is 50.2 Å². The molecule has 10 aromatic rings. The number of carboxylic acids is 1. The summed E-state index contributed by atoms with van der Waals surface area (Å²) < 4.78 is 2.41. The van der Waals surface area contributed by atoms with Gasteiger partial charge in [-0.3, -0.25) is 0 Å². The van der Waals surface area contributed by atoms with Crippen molar-refractivity contribution in [2.75, 3.05) is 9.80 Å². The Morgan fingerprint density at radius 3 is 1.54 bits per heavy atom. The van der Waals surface area contributed by atoms with E-state index in [-0.39, 0.29) is 5.57 Å². The van der Waals surface area contributed by atoms with E-state index in [4.69, 9.17) is 4.98 Å². The number of imidazole rings is 1. The maximum Gasteiger partial charge on any atom is 0.346 e. The molecule has 1 N–H and O–H groups in total. The van der Waals surface area contributed by atoms with E-state index >= 15 is 0 Å². The lowest BCUT2D eigenvalue weighted by Crippen LogP contribution is -2.09. The number of aliphatic carboxylic acids is 1. The lowest BCUT2D eigenvalue weighted by molar-refractivity contribution is -0.132. The van der Waals surface area contributed by atoms with Gasteiger partial charge in [0.2, 0.25) is 0 Å². The summed E-state index contributed by atoms with van der Waals surface area (Å²) in [5.74, 6) is -0.335. The maximum atomic E-state index is 11.6. The van der Waals surface area contributed by atoms with Crippen LogP contribution in [0.2, 0.25) is 0 Å². The first-order valence-corrected chi connectivity index (χ1v) is 24.3. The molecule has 0 atom stereocenters. The number of carbonyl (C=O) groups is 1. The van der Waals surface area contributed by atoms with Crippen molar-refractivity contribution in [1.29, 1.82) is 5.26 Å². The van der Waals surface area contributed by atoms with Crippen LogP contribution in [0.25, 0.3) is 61.2 Å². The van der Waals surface area contributed by atoms with Crippen LogP contribution in [0.15, 0.2) is 210 Å². The lowest BCUT2D eigenvalue weighted by Gasteiger charge is -2.25. The first-order chi connectivity index (χ1) is 33.5. The van der Waals surface area contributed by atoms with Crippen LogP contribution in [0.5, 0.6) is 0 Å². The summed E-state index contributed by atoms with van der Waals surface area (Å²) in [6.45, 7) is 3.00. The summed E-state index contributed by atoms with van der Waals surface area (Å²) in [7, 11) is 0. The average Bonchev–Trinajstić information content (AvgIpc) is 4.16. The lowest BCUT2D eigenvalue weighted by atomic mass is 9.97. The van der Waals surface area contributed by atoms with Crippen LogP contribution < -0.4 is 9.80 Å². The number of thiophene rings is 2. The summed E-state index contributed by atoms with van der Waals surface area (Å²) >= 11 is 3.06. The SMILES string of the molecule is CCCCn1c(-c2cc(-c3csc(/C=C(/C#N)C(=O)O)c3)cs2)nc2c(-c3ccc(N(c4ccccc4)c4ccccc4)cc3)ccc(-c3ccc(N(c4ccccc4)c4ccccc4)cc3)c21. The molecule has 0 aliphatic heterocycles. The Bertz CT molecular complexity index is 3330. The number of anilines is 6. The van der Waals surface area contributed by atoms with E-state index in [1.54, 1.807) is 17.4 Å². The Labute approximate surface area is 404 Å². The van der Waals surface area contributed by atoms with Gasteiger partial charge in [0.1, 0.15) is 11.6 Å². The smallest absolute Gasteiger partial charge is 0.346 e. The molecule has 0 radical (unpaired) electrons. The van der Waals surface area contributed by atoms with Gasteiger partial charge in [-0.15, -0.1) is 22.7 Å². The second-order valence-corrected chi connectivity index (χ2v) is 18.2. The number of benzene rings is 7. The molecule has 9 heteroatoms. The van der Waals surface area contributed by atoms with Gasteiger partial charge >= 0.3 is 5.97 Å². The van der Waals surface area contributed by atoms with E-state index < -0.39 is 5.97 Å². The standard InChI is InChI=1S/C59H45N5O2S2/c1-2-3-34-62-57-54(42-26-30-51(31-27-42)64(48-20-12-6-13-21-48)49-22-14-7-15-23-49)33-32-53(41-24-28-50(29-25-41)63(46-16-8-4-9-17-46)47-18-10-5-11-19-47)56(57)61-58(62)55-37-45(40-68-55)44-36-52(67-39-44)35-43(38-60)59(65)66/h4-33,35-37,39-40H,2-3,34H2,1H3,(H,65,66)/b43-35-. The van der Waals surface area contributed by atoms with Crippen LogP contribution in [0.4, 0.5) is 34.1 Å². The molecule has 330 valence electrons. The number of nitriles is 1. The molecule has 0 aliphatic carbocycles. The molecule has 0 fully saturated rings. The van der Waals surface area contributed by atoms with E-state index in [1.165, 1.54) is 17.4 Å². The molecule has 0 bridgehead atoms. The first-order valence-electron chi connectivity index (χ1n) is 22.5. The summed E-state index contributed by atoms with van der Waals surface area (Å²) in [4.78, 5) is 23.5. The van der Waals surface area contributed by atoms with Crippen molar-refractivity contribution in [1.82, 2.24) is 9.55 Å². The number of hydrogen-bond donors (Lipinski definition) is 1. The molecule has 7 aromatic carbocycles. The summed E-state index contributed by atoms with van der Waals surface area (Å²) in [5, 5.41) is 23.0. The number of para-hydroxylation sites is 4. The topological polar surface area (TPSA) is 85.4 Å². The van der Waals surface area contributed by atoms with Gasteiger partial charge in [0, 0.05) is 56.7 Å². The quantitative estimate of drug-likeness (QED) is 0.0814. The van der Waals surface area contributed by atoms with Crippen LogP contribution in [-0.4, -0.2) is 20.6 Å². The Kier molecular flexibility index (Phi) is 12.6. The number of fused-ring (bicyclic) bond motifs is 1. The van der Waals surface area contributed by atoms with Crippen molar-refractivity contribution in [2.24, 2.45) is 0 Å². The molecule has 0 amide bonds. The third-order valence-electron chi connectivity index (χ3n) is 12.0. The maximum absolute atomic E-state index is 11.6. The Morgan fingerprint density at radius 1 is 0.603 bits per heavy atom. The number of aryl methyl sites for hydroxylation is 1. The molecule has 3 aromatic heterocycles. The molecule has 0 saturated heterocycles. The van der Waals surface area contributed by atoms with E-state index in [0.29, 0.717) is 4.88 Å². The van der Waals surface area contributed by atoms with Crippen molar-refractivity contribution >= 4 is 79.9 Å². The average molecular weight is 920 g/mol. The van der Waals surface area contributed by atoms with Crippen molar-refractivity contribution in [2.45, 2.75) is 26.3 Å². The highest BCUT2D eigenvalue weighted by Crippen LogP contribution is 2.44. The van der Waals surface area contributed by atoms with E-state index in [2.05, 4.69) is 190 Å². The fraction of sp³-hybridized carbons (Fsp3) is 0.0678. The summed E-state index contributed by atoms with van der Waals surface area (Å²) in [5.41, 5.74) is 14.4. The Balaban J connectivity index is 1.11. The third-order valence-corrected chi connectivity index (χ3v) is 13.8. The minimum atomic E-state index is -1.24. The minimum Gasteiger partial charge on any atom is -0.477 e. The Hall–Kier alpha value is -8.29. The van der Waals surface area contributed by atoms with Gasteiger partial charge < -0.3 is 19.5 Å². The van der Waals surface area contributed by atoms with Gasteiger partial charge in [-0.05, 0) is 130 Å². The second-order valence-electron chi connectivity index (χ2n) is 16.3. The van der Waals surface area contributed by atoms with Gasteiger partial charge in [-0.2, -0.15) is 5.26 Å². The number of nitrogens with zero attached hydrogens (tertiary/aromatic N) is 5. The van der Waals surface area contributed by atoms with Crippen LogP contribution in [0.3, 0.4) is 0 Å². The van der Waals surface area contributed by atoms with Crippen LogP contribution in [0, 0.1) is 11.3 Å². The predicted octanol–water partition coefficient (Wildman–Crippen LogP) is 16.6. The van der Waals surface area contributed by atoms with Gasteiger partial charge in [0.25, 0.3) is 0 Å². The molecular formula is C59H45N5O2S2. The molecule has 7 nitrogen and oxygen atoms in total. The largest absolute Gasteiger partial charge is 0.477 e. The number of aromatic nitrogens is 2. The first kappa shape index (κ1) is 43.6. The fourth-order valence-corrected chi connectivity index (χ4v) is 10.4. The zero-order chi connectivity index (χ0) is 46.4. The molecule has 68 heavy (non-hydrogen) atoms. The molecule has 0 saturated carbocycles. The molecule has 0 unspecified atom stereocenters. The molecule has 10 rings (SSSR count). The van der Waals surface area contributed by atoms with Crippen molar-refractivity contribution in [3.63, 3.8) is 0 Å². The highest BCUT2D eigenvalue weighted by atomic mass is 32.1. The van der Waals surface area contributed by atoms with E-state index in [0.717, 1.165) is 109 Å². The predicted molar refractivity (Wildman–Crippen MR) is 283 cm³/mol. The van der Waals surface area contributed by atoms with Crippen molar-refractivity contribution < 1.29 is 9.90 Å². The number of hydrogen-bond acceptors (Lipinski definition) is 7. The summed E-state index contributed by atoms with van der Waals surface area (Å²) in [6, 6.07) is 69.9. The number of unbranched alkanes of at least 4 members (excludes halogenated alkanes) is 1. The second kappa shape index (κ2) is 19.7. The van der Waals surface area contributed by atoms with Gasteiger partial charge in [0.15, 0.2) is 5.82 Å². The van der Waals surface area contributed by atoms with E-state index in [9.17, 15) is 15.2 Å². The minimum absolute atomic E-state index is 0.292. The molecule has 0 aliphatic rings. The highest BCUT2D eigenvalue weighted by Gasteiger charge is 2.23. The number of carboxylic acid groups (broad SMARTS) is 1. The monoisotopic (exact) mass is 919 g/mol. The molecule has 0 spiro atoms. The number of rotatable bonds is 15. The summed E-state index contributed by atoms with van der Waals surface area (Å²) in [6.07, 6.45) is 3.41. The third kappa shape index (κ3) is 8.86.